The first kappa shape index (κ1) is 7.69. The third kappa shape index (κ3) is 1.55. The van der Waals surface area contributed by atoms with Crippen molar-refractivity contribution in [2.45, 2.75) is 19.4 Å². The first-order valence-electron chi connectivity index (χ1n) is 3.29. The molecule has 0 aliphatic rings. The molecule has 0 aliphatic carbocycles. The molecule has 1 aromatic rings. The Bertz CT molecular complexity index is 170. The van der Waals surface area contributed by atoms with Crippen LogP contribution in [0.5, 0.6) is 0 Å². The van der Waals surface area contributed by atoms with Gasteiger partial charge in [-0.2, -0.15) is 0 Å². The van der Waals surface area contributed by atoms with E-state index < -0.39 is 0 Å². The minimum atomic E-state index is 0.186. The molecule has 0 saturated heterocycles. The predicted octanol–water partition coefficient (Wildman–Crippen LogP) is 2.24. The van der Waals surface area contributed by atoms with Gasteiger partial charge >= 0.3 is 0 Å². The van der Waals surface area contributed by atoms with Gasteiger partial charge in [-0.1, -0.05) is 6.92 Å². The lowest BCUT2D eigenvalue weighted by Crippen LogP contribution is -1.98. The van der Waals surface area contributed by atoms with Crippen molar-refractivity contribution >= 4 is 11.3 Å². The van der Waals surface area contributed by atoms with E-state index in [1.165, 1.54) is 0 Å². The molecular formula is C7H11NOS. The van der Waals surface area contributed by atoms with E-state index in [0.717, 1.165) is 12.1 Å². The summed E-state index contributed by atoms with van der Waals surface area (Å²) in [5, 5.41) is 2.03. The predicted molar refractivity (Wildman–Crippen MR) is 42.2 cm³/mol. The molecule has 0 radical (unpaired) electrons. The van der Waals surface area contributed by atoms with Gasteiger partial charge in [0, 0.05) is 12.5 Å². The maximum absolute atomic E-state index is 5.19. The van der Waals surface area contributed by atoms with Gasteiger partial charge in [0.05, 0.1) is 17.3 Å². The molecule has 0 N–H and O–H groups in total. The number of methoxy groups -OCH3 is 1. The van der Waals surface area contributed by atoms with Crippen molar-refractivity contribution in [2.75, 3.05) is 7.11 Å². The van der Waals surface area contributed by atoms with Gasteiger partial charge in [0.1, 0.15) is 0 Å². The van der Waals surface area contributed by atoms with Gasteiger partial charge < -0.3 is 4.74 Å². The van der Waals surface area contributed by atoms with E-state index >= 15 is 0 Å². The quantitative estimate of drug-likeness (QED) is 0.671. The Morgan fingerprint density at radius 2 is 2.60 bits per heavy atom. The SMILES string of the molecule is CCC(OC)c1cscn1. The summed E-state index contributed by atoms with van der Waals surface area (Å²) >= 11 is 1.61. The van der Waals surface area contributed by atoms with Crippen LogP contribution >= 0.6 is 11.3 Å². The van der Waals surface area contributed by atoms with Crippen LogP contribution in [0, 0.1) is 0 Å². The summed E-state index contributed by atoms with van der Waals surface area (Å²) in [5.41, 5.74) is 2.88. The van der Waals surface area contributed by atoms with Crippen LogP contribution in [-0.4, -0.2) is 12.1 Å². The highest BCUT2D eigenvalue weighted by atomic mass is 32.1. The van der Waals surface area contributed by atoms with Gasteiger partial charge in [-0.3, -0.25) is 0 Å². The summed E-state index contributed by atoms with van der Waals surface area (Å²) in [6.45, 7) is 2.09. The van der Waals surface area contributed by atoms with E-state index in [1.54, 1.807) is 18.4 Å². The third-order valence-corrected chi connectivity index (χ3v) is 2.04. The Hall–Kier alpha value is -0.410. The van der Waals surface area contributed by atoms with Crippen LogP contribution in [0.2, 0.25) is 0 Å². The lowest BCUT2D eigenvalue weighted by atomic mass is 10.2. The van der Waals surface area contributed by atoms with Gasteiger partial charge in [-0.15, -0.1) is 11.3 Å². The van der Waals surface area contributed by atoms with Crippen molar-refractivity contribution in [1.82, 2.24) is 4.98 Å². The maximum atomic E-state index is 5.19. The second kappa shape index (κ2) is 3.68. The topological polar surface area (TPSA) is 22.1 Å². The highest BCUT2D eigenvalue weighted by Crippen LogP contribution is 2.18. The molecule has 0 fully saturated rings. The minimum absolute atomic E-state index is 0.186. The van der Waals surface area contributed by atoms with Crippen molar-refractivity contribution in [1.29, 1.82) is 0 Å². The van der Waals surface area contributed by atoms with Crippen molar-refractivity contribution < 1.29 is 4.74 Å². The largest absolute Gasteiger partial charge is 0.375 e. The van der Waals surface area contributed by atoms with E-state index in [4.69, 9.17) is 4.74 Å². The number of nitrogens with zero attached hydrogens (tertiary/aromatic N) is 1. The summed E-state index contributed by atoms with van der Waals surface area (Å²) in [4.78, 5) is 4.15. The average molecular weight is 157 g/mol. The molecule has 10 heavy (non-hydrogen) atoms. The van der Waals surface area contributed by atoms with Gasteiger partial charge in [0.15, 0.2) is 0 Å². The number of ether oxygens (including phenoxy) is 1. The van der Waals surface area contributed by atoms with Crippen LogP contribution in [0.3, 0.4) is 0 Å². The summed E-state index contributed by atoms with van der Waals surface area (Å²) in [5.74, 6) is 0. The lowest BCUT2D eigenvalue weighted by molar-refractivity contribution is 0.0970. The normalized spacial score (nSPS) is 13.4. The van der Waals surface area contributed by atoms with E-state index in [2.05, 4.69) is 11.9 Å². The molecule has 1 aromatic heterocycles. The third-order valence-electron chi connectivity index (χ3n) is 1.44. The Kier molecular flexibility index (Phi) is 2.83. The molecule has 1 heterocycles. The zero-order chi connectivity index (χ0) is 7.40. The number of aromatic nitrogens is 1. The van der Waals surface area contributed by atoms with Crippen LogP contribution < -0.4 is 0 Å². The van der Waals surface area contributed by atoms with Gasteiger partial charge in [0.25, 0.3) is 0 Å². The molecule has 56 valence electrons. The van der Waals surface area contributed by atoms with E-state index in [9.17, 15) is 0 Å². The highest BCUT2D eigenvalue weighted by molar-refractivity contribution is 7.07. The summed E-state index contributed by atoms with van der Waals surface area (Å²) in [7, 11) is 1.72. The molecule has 0 saturated carbocycles. The summed E-state index contributed by atoms with van der Waals surface area (Å²) in [6, 6.07) is 0. The molecule has 1 atom stereocenters. The fraction of sp³-hybridized carbons (Fsp3) is 0.571. The molecule has 2 nitrogen and oxygen atoms in total. The molecule has 0 amide bonds. The number of rotatable bonds is 3. The molecule has 0 aromatic carbocycles. The lowest BCUT2D eigenvalue weighted by Gasteiger charge is -2.08. The van der Waals surface area contributed by atoms with Gasteiger partial charge in [-0.25, -0.2) is 4.98 Å². The van der Waals surface area contributed by atoms with Crippen molar-refractivity contribution in [3.8, 4) is 0 Å². The highest BCUT2D eigenvalue weighted by Gasteiger charge is 2.08. The molecule has 3 heteroatoms. The monoisotopic (exact) mass is 157 g/mol. The van der Waals surface area contributed by atoms with Crippen LogP contribution in [0.1, 0.15) is 25.1 Å². The Morgan fingerprint density at radius 1 is 1.80 bits per heavy atom. The molecule has 1 rings (SSSR count). The van der Waals surface area contributed by atoms with Crippen LogP contribution in [0.4, 0.5) is 0 Å². The van der Waals surface area contributed by atoms with Crippen molar-refractivity contribution in [2.24, 2.45) is 0 Å². The Balaban J connectivity index is 2.64. The van der Waals surface area contributed by atoms with E-state index in [-0.39, 0.29) is 6.10 Å². The summed E-state index contributed by atoms with van der Waals surface area (Å²) < 4.78 is 5.19. The number of hydrogen-bond acceptors (Lipinski definition) is 3. The fourth-order valence-corrected chi connectivity index (χ4v) is 1.47. The van der Waals surface area contributed by atoms with Crippen molar-refractivity contribution in [3.63, 3.8) is 0 Å². The molecule has 0 bridgehead atoms. The van der Waals surface area contributed by atoms with E-state index in [1.807, 2.05) is 10.9 Å². The van der Waals surface area contributed by atoms with Crippen LogP contribution in [0.25, 0.3) is 0 Å². The Labute approximate surface area is 64.9 Å². The molecular weight excluding hydrogens is 146 g/mol. The Morgan fingerprint density at radius 3 is 3.00 bits per heavy atom. The average Bonchev–Trinajstić information content (AvgIpc) is 2.43. The van der Waals surface area contributed by atoms with Crippen LogP contribution in [0.15, 0.2) is 10.9 Å². The minimum Gasteiger partial charge on any atom is -0.375 e. The fourth-order valence-electron chi connectivity index (χ4n) is 0.877. The smallest absolute Gasteiger partial charge is 0.0996 e. The first-order valence-corrected chi connectivity index (χ1v) is 4.23. The van der Waals surface area contributed by atoms with Gasteiger partial charge in [-0.05, 0) is 6.42 Å². The van der Waals surface area contributed by atoms with Gasteiger partial charge in [0.2, 0.25) is 0 Å². The zero-order valence-corrected chi connectivity index (χ0v) is 7.02. The van der Waals surface area contributed by atoms with Crippen molar-refractivity contribution in [3.05, 3.63) is 16.6 Å². The molecule has 1 unspecified atom stereocenters. The molecule has 0 aliphatic heterocycles. The van der Waals surface area contributed by atoms with E-state index in [0.29, 0.717) is 0 Å². The second-order valence-corrected chi connectivity index (χ2v) is 2.76. The second-order valence-electron chi connectivity index (χ2n) is 2.05. The summed E-state index contributed by atoms with van der Waals surface area (Å²) in [6.07, 6.45) is 1.17. The molecule has 0 spiro atoms. The number of thiazole rings is 1. The first-order chi connectivity index (χ1) is 4.88. The maximum Gasteiger partial charge on any atom is 0.0996 e. The van der Waals surface area contributed by atoms with Crippen LogP contribution in [-0.2, 0) is 4.74 Å². The standard InChI is InChI=1S/C7H11NOS/c1-3-7(9-2)6-4-10-5-8-6/h4-5,7H,3H2,1-2H3. The zero-order valence-electron chi connectivity index (χ0n) is 6.20. The number of hydrogen-bond donors (Lipinski definition) is 0.